The van der Waals surface area contributed by atoms with Crippen LogP contribution in [-0.4, -0.2) is 14.2 Å². The molecule has 0 heterocycles. The molecule has 9 heavy (non-hydrogen) atoms. The van der Waals surface area contributed by atoms with E-state index in [-0.39, 0.29) is 5.78 Å². The lowest BCUT2D eigenvalue weighted by Gasteiger charge is -2.00. The highest BCUT2D eigenvalue weighted by Gasteiger charge is 2.14. The molecule has 0 aliphatic rings. The van der Waals surface area contributed by atoms with Gasteiger partial charge in [0.15, 0.2) is 5.78 Å². The Kier molecular flexibility index (Phi) is 2.77. The van der Waals surface area contributed by atoms with Crippen LogP contribution in [0, 0.1) is 0 Å². The van der Waals surface area contributed by atoms with Crippen LogP contribution in [-0.2, 0) is 4.79 Å². The number of rotatable bonds is 2. The molecule has 0 aliphatic heterocycles. The van der Waals surface area contributed by atoms with Crippen LogP contribution in [0.4, 0.5) is 4.11 Å². The van der Waals surface area contributed by atoms with Crippen molar-refractivity contribution in [3.05, 3.63) is 11.8 Å². The minimum absolute atomic E-state index is 0.0896. The summed E-state index contributed by atoms with van der Waals surface area (Å²) < 4.78 is 12.6. The van der Waals surface area contributed by atoms with Gasteiger partial charge < -0.3 is 4.11 Å². The predicted molar refractivity (Wildman–Crippen MR) is 38.4 cm³/mol. The molecule has 0 radical (unpaired) electrons. The fraction of sp³-hybridized carbons (Fsp3) is 0.500. The van der Waals surface area contributed by atoms with Gasteiger partial charge in [0.2, 0.25) is 0 Å². The molecule has 0 aromatic heterocycles. The van der Waals surface area contributed by atoms with E-state index in [0.717, 1.165) is 0 Å². The minimum Gasteiger partial charge on any atom is -0.309 e. The van der Waals surface area contributed by atoms with Gasteiger partial charge in [-0.05, 0) is 26.1 Å². The summed E-state index contributed by atoms with van der Waals surface area (Å²) in [5, 5.41) is 0. The smallest absolute Gasteiger partial charge is 0.264 e. The second kappa shape index (κ2) is 2.92. The van der Waals surface area contributed by atoms with Crippen molar-refractivity contribution in [3.8, 4) is 0 Å². The number of carbonyl (C=O) groups is 1. The maximum Gasteiger partial charge on any atom is 0.264 e. The Morgan fingerprint density at radius 1 is 1.56 bits per heavy atom. The van der Waals surface area contributed by atoms with Gasteiger partial charge in [0.25, 0.3) is 8.41 Å². The number of ketones is 1. The molecule has 3 heteroatoms. The van der Waals surface area contributed by atoms with E-state index in [1.165, 1.54) is 31.8 Å². The van der Waals surface area contributed by atoms with Crippen LogP contribution in [0.2, 0.25) is 13.1 Å². The van der Waals surface area contributed by atoms with Crippen molar-refractivity contribution in [1.82, 2.24) is 0 Å². The Bertz CT molecular complexity index is 134. The summed E-state index contributed by atoms with van der Waals surface area (Å²) in [6.45, 7) is 4.48. The van der Waals surface area contributed by atoms with E-state index in [4.69, 9.17) is 0 Å². The first-order chi connectivity index (χ1) is 3.92. The average molecular weight is 146 g/mol. The van der Waals surface area contributed by atoms with Crippen molar-refractivity contribution >= 4 is 14.2 Å². The minimum atomic E-state index is -2.62. The number of allylic oxidation sites excluding steroid dienone is 1. The third-order valence-electron chi connectivity index (χ3n) is 0.714. The zero-order valence-electron chi connectivity index (χ0n) is 5.94. The summed E-state index contributed by atoms with van der Waals surface area (Å²) in [6, 6.07) is 0. The van der Waals surface area contributed by atoms with Gasteiger partial charge in [-0.3, -0.25) is 4.79 Å². The lowest BCUT2D eigenvalue weighted by atomic mass is 10.5. The van der Waals surface area contributed by atoms with E-state index in [1.54, 1.807) is 0 Å². The molecule has 0 fully saturated rings. The molecule has 0 spiro atoms. The quantitative estimate of drug-likeness (QED) is 0.330. The molecule has 52 valence electrons. The first-order valence-corrected chi connectivity index (χ1v) is 5.76. The standard InChI is InChI=1S/C6H11FOSi/c1-6(8)4-5-9(2,3)7/h4-5H,1-3H3/b5-4+. The Balaban J connectivity index is 3.86. The van der Waals surface area contributed by atoms with Gasteiger partial charge in [-0.15, -0.1) is 0 Å². The lowest BCUT2D eigenvalue weighted by molar-refractivity contribution is -0.112. The second-order valence-corrected chi connectivity index (χ2v) is 5.97. The van der Waals surface area contributed by atoms with Crippen LogP contribution in [0.5, 0.6) is 0 Å². The highest BCUT2D eigenvalue weighted by Crippen LogP contribution is 2.03. The van der Waals surface area contributed by atoms with Crippen molar-refractivity contribution in [1.29, 1.82) is 0 Å². The highest BCUT2D eigenvalue weighted by atomic mass is 28.4. The van der Waals surface area contributed by atoms with Crippen LogP contribution in [0.1, 0.15) is 6.92 Å². The molecular formula is C6H11FOSi. The molecule has 0 aromatic rings. The van der Waals surface area contributed by atoms with Crippen molar-refractivity contribution < 1.29 is 8.90 Å². The van der Waals surface area contributed by atoms with Gasteiger partial charge >= 0.3 is 0 Å². The van der Waals surface area contributed by atoms with E-state index in [2.05, 4.69) is 0 Å². The fourth-order valence-electron chi connectivity index (χ4n) is 0.316. The van der Waals surface area contributed by atoms with Crippen LogP contribution in [0.25, 0.3) is 0 Å². The molecule has 0 amide bonds. The molecule has 1 nitrogen and oxygen atoms in total. The summed E-state index contributed by atoms with van der Waals surface area (Å²) in [6.07, 6.45) is 1.30. The van der Waals surface area contributed by atoms with Gasteiger partial charge in [0.1, 0.15) is 0 Å². The number of hydrogen-bond acceptors (Lipinski definition) is 1. The molecule has 0 atom stereocenters. The van der Waals surface area contributed by atoms with Gasteiger partial charge in [-0.1, -0.05) is 5.70 Å². The summed E-state index contributed by atoms with van der Waals surface area (Å²) in [5.41, 5.74) is 1.38. The van der Waals surface area contributed by atoms with Crippen LogP contribution in [0.3, 0.4) is 0 Å². The van der Waals surface area contributed by atoms with Gasteiger partial charge in [0.05, 0.1) is 0 Å². The summed E-state index contributed by atoms with van der Waals surface area (Å²) in [4.78, 5) is 10.3. The molecule has 0 aromatic carbocycles. The Morgan fingerprint density at radius 2 is 2.00 bits per heavy atom. The lowest BCUT2D eigenvalue weighted by Crippen LogP contribution is -2.14. The second-order valence-electron chi connectivity index (χ2n) is 2.51. The summed E-state index contributed by atoms with van der Waals surface area (Å²) in [7, 11) is -2.62. The highest BCUT2D eigenvalue weighted by molar-refractivity contribution is 6.75. The maximum atomic E-state index is 12.6. The largest absolute Gasteiger partial charge is 0.309 e. The van der Waals surface area contributed by atoms with Crippen LogP contribution >= 0.6 is 0 Å². The van der Waals surface area contributed by atoms with E-state index in [1.807, 2.05) is 0 Å². The Morgan fingerprint density at radius 3 is 2.11 bits per heavy atom. The van der Waals surface area contributed by atoms with E-state index in [0.29, 0.717) is 0 Å². The van der Waals surface area contributed by atoms with Gasteiger partial charge in [0, 0.05) is 0 Å². The van der Waals surface area contributed by atoms with E-state index >= 15 is 0 Å². The number of carbonyl (C=O) groups excluding carboxylic acids is 1. The number of halogens is 1. The molecule has 0 N–H and O–H groups in total. The molecule has 0 aliphatic carbocycles. The zero-order valence-corrected chi connectivity index (χ0v) is 6.94. The van der Waals surface area contributed by atoms with Crippen LogP contribution in [0.15, 0.2) is 11.8 Å². The Labute approximate surface area is 55.8 Å². The first kappa shape index (κ1) is 8.56. The van der Waals surface area contributed by atoms with Gasteiger partial charge in [-0.2, -0.15) is 0 Å². The van der Waals surface area contributed by atoms with Crippen LogP contribution < -0.4 is 0 Å². The van der Waals surface area contributed by atoms with Gasteiger partial charge in [-0.25, -0.2) is 0 Å². The van der Waals surface area contributed by atoms with E-state index in [9.17, 15) is 8.90 Å². The van der Waals surface area contributed by atoms with Crippen molar-refractivity contribution in [2.45, 2.75) is 20.0 Å². The molecule has 0 unspecified atom stereocenters. The first-order valence-electron chi connectivity index (χ1n) is 2.80. The predicted octanol–water partition coefficient (Wildman–Crippen LogP) is 1.85. The monoisotopic (exact) mass is 146 g/mol. The van der Waals surface area contributed by atoms with Crippen molar-refractivity contribution in [3.63, 3.8) is 0 Å². The van der Waals surface area contributed by atoms with Crippen molar-refractivity contribution in [2.75, 3.05) is 0 Å². The SMILES string of the molecule is CC(=O)/C=C/[Si](C)(C)F. The molecular weight excluding hydrogens is 135 g/mol. The third kappa shape index (κ3) is 7.56. The maximum absolute atomic E-state index is 12.6. The molecule has 0 saturated heterocycles. The molecule has 0 rings (SSSR count). The zero-order chi connectivity index (χ0) is 7.49. The number of hydrogen-bond donors (Lipinski definition) is 0. The molecule has 0 bridgehead atoms. The Hall–Kier alpha value is -0.443. The average Bonchev–Trinajstić information content (AvgIpc) is 1.59. The normalized spacial score (nSPS) is 12.4. The van der Waals surface area contributed by atoms with E-state index < -0.39 is 8.41 Å². The molecule has 0 saturated carbocycles. The summed E-state index contributed by atoms with van der Waals surface area (Å²) in [5.74, 6) is -0.0896. The fourth-order valence-corrected chi connectivity index (χ4v) is 0.947. The third-order valence-corrected chi connectivity index (χ3v) is 1.67. The topological polar surface area (TPSA) is 17.1 Å². The summed E-state index contributed by atoms with van der Waals surface area (Å²) >= 11 is 0. The van der Waals surface area contributed by atoms with Crippen molar-refractivity contribution in [2.24, 2.45) is 0 Å².